The molecular weight excluding hydrogens is 284 g/mol. The molecule has 2 aromatic heterocycles. The quantitative estimate of drug-likeness (QED) is 0.513. The molecule has 0 radical (unpaired) electrons. The highest BCUT2D eigenvalue weighted by molar-refractivity contribution is 5.73. The molecule has 0 amide bonds. The summed E-state index contributed by atoms with van der Waals surface area (Å²) in [5, 5.41) is 29.0. The first-order chi connectivity index (χ1) is 9.93. The topological polar surface area (TPSA) is 138 Å². The Hall–Kier alpha value is -1.94. The molecule has 0 spiro atoms. The number of aryl methyl sites for hydroxylation is 1. The molecule has 0 bridgehead atoms. The lowest BCUT2D eigenvalue weighted by atomic mass is 10.1. The number of furan rings is 1. The highest BCUT2D eigenvalue weighted by Gasteiger charge is 2.44. The van der Waals surface area contributed by atoms with E-state index >= 15 is 0 Å². The van der Waals surface area contributed by atoms with E-state index in [9.17, 15) is 19.8 Å². The Bertz CT molecular complexity index is 789. The minimum absolute atomic E-state index is 0.0592. The molecule has 0 aliphatic carbocycles. The molecule has 114 valence electrons. The van der Waals surface area contributed by atoms with Crippen LogP contribution in [0.1, 0.15) is 12.0 Å². The molecule has 1 aliphatic heterocycles. The molecule has 0 saturated carbocycles. The van der Waals surface area contributed by atoms with Crippen LogP contribution < -0.4 is 11.2 Å². The molecule has 1 fully saturated rings. The SMILES string of the molecule is Cc1cc2c(=O)[nH]c(=O)n([C@@H]3O[C@H](CO)[C@H](O)[C@H]3O)c2o1. The zero-order valence-corrected chi connectivity index (χ0v) is 11.0. The predicted molar refractivity (Wildman–Crippen MR) is 68.8 cm³/mol. The third-order valence-corrected chi connectivity index (χ3v) is 3.51. The Balaban J connectivity index is 2.21. The maximum atomic E-state index is 12.0. The number of hydrogen-bond acceptors (Lipinski definition) is 7. The van der Waals surface area contributed by atoms with Gasteiger partial charge in [-0.25, -0.2) is 9.36 Å². The minimum Gasteiger partial charge on any atom is -0.444 e. The Morgan fingerprint density at radius 3 is 2.67 bits per heavy atom. The summed E-state index contributed by atoms with van der Waals surface area (Å²) in [6, 6.07) is 1.45. The lowest BCUT2D eigenvalue weighted by molar-refractivity contribution is -0.0539. The number of fused-ring (bicyclic) bond motifs is 1. The van der Waals surface area contributed by atoms with E-state index in [1.807, 2.05) is 0 Å². The van der Waals surface area contributed by atoms with Crippen molar-refractivity contribution in [2.75, 3.05) is 6.61 Å². The van der Waals surface area contributed by atoms with Gasteiger partial charge in [0, 0.05) is 0 Å². The first-order valence-corrected chi connectivity index (χ1v) is 6.31. The van der Waals surface area contributed by atoms with Crippen LogP contribution in [0.2, 0.25) is 0 Å². The van der Waals surface area contributed by atoms with Crippen LogP contribution in [0, 0.1) is 6.92 Å². The number of rotatable bonds is 2. The van der Waals surface area contributed by atoms with Crippen LogP contribution in [-0.2, 0) is 4.74 Å². The number of nitrogens with one attached hydrogen (secondary N) is 1. The summed E-state index contributed by atoms with van der Waals surface area (Å²) in [6.07, 6.45) is -5.10. The Labute approximate surface area is 117 Å². The van der Waals surface area contributed by atoms with Gasteiger partial charge in [0.15, 0.2) is 6.23 Å². The molecule has 0 unspecified atom stereocenters. The standard InChI is InChI=1S/C12H14N2O7/c1-4-2-5-9(18)13-12(19)14(10(5)20-4)11-8(17)7(16)6(3-15)21-11/h2,6-8,11,15-17H,3H2,1H3,(H,13,18,19)/t6-,7+,8-,11-/m1/s1. The van der Waals surface area contributed by atoms with Crippen LogP contribution in [-0.4, -0.2) is 49.8 Å². The van der Waals surface area contributed by atoms with Gasteiger partial charge in [-0.15, -0.1) is 0 Å². The normalized spacial score (nSPS) is 29.3. The van der Waals surface area contributed by atoms with Crippen molar-refractivity contribution in [1.29, 1.82) is 0 Å². The minimum atomic E-state index is -1.45. The second kappa shape index (κ2) is 4.81. The van der Waals surface area contributed by atoms with Gasteiger partial charge in [0.2, 0.25) is 5.71 Å². The largest absolute Gasteiger partial charge is 0.444 e. The van der Waals surface area contributed by atoms with Crippen LogP contribution in [0.5, 0.6) is 0 Å². The molecule has 2 aromatic rings. The van der Waals surface area contributed by atoms with Crippen molar-refractivity contribution < 1.29 is 24.5 Å². The van der Waals surface area contributed by atoms with Gasteiger partial charge in [0.1, 0.15) is 29.5 Å². The van der Waals surface area contributed by atoms with Crippen LogP contribution >= 0.6 is 0 Å². The molecule has 3 rings (SSSR count). The Kier molecular flexibility index (Phi) is 3.21. The fraction of sp³-hybridized carbons (Fsp3) is 0.500. The Morgan fingerprint density at radius 1 is 1.33 bits per heavy atom. The summed E-state index contributed by atoms with van der Waals surface area (Å²) in [5.41, 5.74) is -1.51. The molecule has 1 aliphatic rings. The lowest BCUT2D eigenvalue weighted by Gasteiger charge is -2.17. The van der Waals surface area contributed by atoms with Crippen molar-refractivity contribution in [2.24, 2.45) is 0 Å². The van der Waals surface area contributed by atoms with Gasteiger partial charge < -0.3 is 24.5 Å². The van der Waals surface area contributed by atoms with Gasteiger partial charge in [0.05, 0.1) is 6.61 Å². The molecule has 0 aromatic carbocycles. The number of H-pyrrole nitrogens is 1. The fourth-order valence-electron chi connectivity index (χ4n) is 2.48. The predicted octanol–water partition coefficient (Wildman–Crippen LogP) is -1.80. The van der Waals surface area contributed by atoms with Crippen molar-refractivity contribution in [1.82, 2.24) is 9.55 Å². The van der Waals surface area contributed by atoms with Crippen LogP contribution in [0.15, 0.2) is 20.1 Å². The average Bonchev–Trinajstić information content (AvgIpc) is 2.94. The van der Waals surface area contributed by atoms with E-state index in [2.05, 4.69) is 4.98 Å². The van der Waals surface area contributed by atoms with Gasteiger partial charge >= 0.3 is 5.69 Å². The van der Waals surface area contributed by atoms with Gasteiger partial charge in [-0.2, -0.15) is 0 Å². The molecule has 21 heavy (non-hydrogen) atoms. The van der Waals surface area contributed by atoms with Crippen molar-refractivity contribution >= 4 is 11.1 Å². The molecule has 9 nitrogen and oxygen atoms in total. The number of nitrogens with zero attached hydrogens (tertiary/aromatic N) is 1. The van der Waals surface area contributed by atoms with E-state index in [1.165, 1.54) is 6.07 Å². The van der Waals surface area contributed by atoms with Crippen molar-refractivity contribution in [3.8, 4) is 0 Å². The van der Waals surface area contributed by atoms with E-state index in [0.717, 1.165) is 4.57 Å². The van der Waals surface area contributed by atoms with E-state index < -0.39 is 42.4 Å². The summed E-state index contributed by atoms with van der Waals surface area (Å²) in [6.45, 7) is 1.08. The van der Waals surface area contributed by atoms with Crippen molar-refractivity contribution in [2.45, 2.75) is 31.5 Å². The maximum absolute atomic E-state index is 12.0. The number of ether oxygens (including phenoxy) is 1. The number of aliphatic hydroxyl groups is 3. The first kappa shape index (κ1) is 14.0. The molecule has 4 N–H and O–H groups in total. The lowest BCUT2D eigenvalue weighted by Crippen LogP contribution is -2.38. The monoisotopic (exact) mass is 298 g/mol. The van der Waals surface area contributed by atoms with E-state index in [0.29, 0.717) is 5.76 Å². The van der Waals surface area contributed by atoms with E-state index in [-0.39, 0.29) is 11.1 Å². The smallest absolute Gasteiger partial charge is 0.333 e. The number of aromatic amines is 1. The first-order valence-electron chi connectivity index (χ1n) is 6.31. The van der Waals surface area contributed by atoms with Crippen LogP contribution in [0.3, 0.4) is 0 Å². The summed E-state index contributed by atoms with van der Waals surface area (Å²) < 4.78 is 11.5. The van der Waals surface area contributed by atoms with E-state index in [4.69, 9.17) is 14.3 Å². The summed E-state index contributed by atoms with van der Waals surface area (Å²) in [5.74, 6) is 0.404. The van der Waals surface area contributed by atoms with Gasteiger partial charge in [-0.1, -0.05) is 0 Å². The number of aliphatic hydroxyl groups excluding tert-OH is 3. The molecule has 4 atom stereocenters. The van der Waals surface area contributed by atoms with Crippen LogP contribution in [0.25, 0.3) is 11.1 Å². The summed E-state index contributed by atoms with van der Waals surface area (Å²) in [4.78, 5) is 25.8. The Morgan fingerprint density at radius 2 is 2.05 bits per heavy atom. The fourth-order valence-corrected chi connectivity index (χ4v) is 2.48. The third kappa shape index (κ3) is 2.02. The third-order valence-electron chi connectivity index (χ3n) is 3.51. The molecular formula is C12H14N2O7. The average molecular weight is 298 g/mol. The molecule has 3 heterocycles. The zero-order valence-electron chi connectivity index (χ0n) is 11.0. The highest BCUT2D eigenvalue weighted by Crippen LogP contribution is 2.30. The van der Waals surface area contributed by atoms with Crippen LogP contribution in [0.4, 0.5) is 0 Å². The number of hydrogen-bond donors (Lipinski definition) is 4. The van der Waals surface area contributed by atoms with Gasteiger partial charge in [-0.3, -0.25) is 9.78 Å². The number of aromatic nitrogens is 2. The zero-order chi connectivity index (χ0) is 15.3. The van der Waals surface area contributed by atoms with Gasteiger partial charge in [-0.05, 0) is 13.0 Å². The maximum Gasteiger partial charge on any atom is 0.333 e. The van der Waals surface area contributed by atoms with Crippen molar-refractivity contribution in [3.63, 3.8) is 0 Å². The summed E-state index contributed by atoms with van der Waals surface area (Å²) in [7, 11) is 0. The van der Waals surface area contributed by atoms with E-state index in [1.54, 1.807) is 6.92 Å². The molecule has 9 heteroatoms. The van der Waals surface area contributed by atoms with Crippen molar-refractivity contribution in [3.05, 3.63) is 32.7 Å². The second-order valence-corrected chi connectivity index (χ2v) is 4.93. The second-order valence-electron chi connectivity index (χ2n) is 4.93. The highest BCUT2D eigenvalue weighted by atomic mass is 16.6. The van der Waals surface area contributed by atoms with Gasteiger partial charge in [0.25, 0.3) is 5.56 Å². The molecule has 1 saturated heterocycles. The summed E-state index contributed by atoms with van der Waals surface area (Å²) >= 11 is 0.